The smallest absolute Gasteiger partial charge is 0.0586 e. The molecule has 0 radical (unpaired) electrons. The normalized spacial score (nSPS) is 7.67. The van der Waals surface area contributed by atoms with Crippen LogP contribution in [0.25, 0.3) is 0 Å². The molecule has 0 saturated heterocycles. The first-order valence-corrected chi connectivity index (χ1v) is 14.4. The molecule has 0 aromatic rings. The van der Waals surface area contributed by atoms with E-state index in [0.717, 1.165) is 6.42 Å². The van der Waals surface area contributed by atoms with Gasteiger partial charge in [0.1, 0.15) is 0 Å². The summed E-state index contributed by atoms with van der Waals surface area (Å²) in [4.78, 5) is 0. The molecule has 0 N–H and O–H groups in total. The van der Waals surface area contributed by atoms with E-state index in [0.29, 0.717) is 0 Å². The molecule has 56 valence electrons. The van der Waals surface area contributed by atoms with E-state index in [9.17, 15) is 0 Å². The third-order valence-corrected chi connectivity index (χ3v) is 0.604. The summed E-state index contributed by atoms with van der Waals surface area (Å²) in [5.41, 5.74) is 0. The van der Waals surface area contributed by atoms with Crippen LogP contribution in [-0.4, -0.2) is 0 Å². The van der Waals surface area contributed by atoms with Crippen molar-refractivity contribution < 1.29 is 11.6 Å². The fourth-order valence-electron chi connectivity index (χ4n) is 0.250. The van der Waals surface area contributed by atoms with E-state index in [-0.39, 0.29) is 0 Å². The number of halogens is 3. The van der Waals surface area contributed by atoms with Gasteiger partial charge in [-0.15, -0.1) is 0 Å². The quantitative estimate of drug-likeness (QED) is 0.502. The van der Waals surface area contributed by atoms with Gasteiger partial charge >= 0.3 is 51.1 Å². The summed E-state index contributed by atoms with van der Waals surface area (Å²) in [7, 11) is 0. The Morgan fingerprint density at radius 1 is 1.33 bits per heavy atom. The standard InChI is InChI=1S/C5H11.3BrH.Ti/c1-3-5-4-2;;;;/h1,3-5H2,2H3;3*1H;/q-1;;;;+4/p-3. The third-order valence-electron chi connectivity index (χ3n) is 0.604. The predicted octanol–water partition coefficient (Wildman–Crippen LogP) is 4.54. The number of hydrogen-bond acceptors (Lipinski definition) is 0. The van der Waals surface area contributed by atoms with Crippen LogP contribution in [-0.2, 0) is 11.6 Å². The summed E-state index contributed by atoms with van der Waals surface area (Å²) in [5.74, 6) is 0. The van der Waals surface area contributed by atoms with Crippen LogP contribution in [0.5, 0.6) is 0 Å². The molecular formula is C5H11Br3Ti. The van der Waals surface area contributed by atoms with E-state index in [1.54, 1.807) is 0 Å². The first-order valence-electron chi connectivity index (χ1n) is 2.77. The van der Waals surface area contributed by atoms with Crippen LogP contribution in [0.2, 0.25) is 0 Å². The van der Waals surface area contributed by atoms with Crippen molar-refractivity contribution in [3.63, 3.8) is 0 Å². The fraction of sp³-hybridized carbons (Fsp3) is 0.800. The van der Waals surface area contributed by atoms with Gasteiger partial charge in [0.05, 0.1) is 0 Å². The molecule has 0 amide bonds. The molecule has 0 bridgehead atoms. The second-order valence-corrected chi connectivity index (χ2v) is 25.1. The van der Waals surface area contributed by atoms with Crippen LogP contribution in [0.4, 0.5) is 0 Å². The molecule has 0 heterocycles. The molecule has 0 aromatic carbocycles. The molecule has 0 aliphatic carbocycles. The summed E-state index contributed by atoms with van der Waals surface area (Å²) >= 11 is 8.92. The van der Waals surface area contributed by atoms with E-state index in [1.807, 2.05) is 0 Å². The number of rotatable bonds is 2. The minimum absolute atomic E-state index is 0.896. The van der Waals surface area contributed by atoms with Gasteiger partial charge in [-0.25, -0.2) is 0 Å². The zero-order valence-electron chi connectivity index (χ0n) is 5.46. The molecule has 4 heteroatoms. The first-order chi connectivity index (χ1) is 4.15. The summed E-state index contributed by atoms with van der Waals surface area (Å²) in [6.07, 6.45) is 3.65. The van der Waals surface area contributed by atoms with Gasteiger partial charge in [-0.3, -0.25) is 0 Å². The van der Waals surface area contributed by atoms with Crippen molar-refractivity contribution in [3.8, 4) is 0 Å². The molecule has 0 rings (SSSR count). The molecule has 9 heavy (non-hydrogen) atoms. The van der Waals surface area contributed by atoms with Crippen molar-refractivity contribution >= 4 is 39.5 Å². The van der Waals surface area contributed by atoms with E-state index < -0.39 is 11.6 Å². The van der Waals surface area contributed by atoms with Crippen molar-refractivity contribution in [2.45, 2.75) is 26.2 Å². The van der Waals surface area contributed by atoms with Crippen molar-refractivity contribution in [2.24, 2.45) is 0 Å². The fourth-order valence-corrected chi connectivity index (χ4v) is 0.250. The average molecular weight is 359 g/mol. The van der Waals surface area contributed by atoms with Crippen LogP contribution < -0.4 is 0 Å². The van der Waals surface area contributed by atoms with Crippen LogP contribution in [0.3, 0.4) is 0 Å². The molecule has 0 fully saturated rings. The molecule has 0 aliphatic rings. The van der Waals surface area contributed by atoms with Crippen LogP contribution in [0.1, 0.15) is 26.2 Å². The largest absolute Gasteiger partial charge is 0.343 e. The van der Waals surface area contributed by atoms with Crippen LogP contribution in [0, 0.1) is 6.92 Å². The second kappa shape index (κ2) is 12.8. The van der Waals surface area contributed by atoms with Crippen molar-refractivity contribution in [3.05, 3.63) is 6.92 Å². The van der Waals surface area contributed by atoms with E-state index >= 15 is 0 Å². The third kappa shape index (κ3) is 39.1. The van der Waals surface area contributed by atoms with E-state index in [2.05, 4.69) is 53.3 Å². The van der Waals surface area contributed by atoms with Gasteiger partial charge in [0.2, 0.25) is 0 Å². The minimum atomic E-state index is -0.896. The number of hydrogen-bond donors (Lipinski definition) is 0. The summed E-state index contributed by atoms with van der Waals surface area (Å²) in [6.45, 7) is 5.85. The molecule has 0 spiro atoms. The Kier molecular flexibility index (Phi) is 19.5. The van der Waals surface area contributed by atoms with Crippen LogP contribution >= 0.6 is 39.5 Å². The maximum Gasteiger partial charge on any atom is -0.0586 e. The Labute approximate surface area is 83.2 Å². The maximum atomic E-state index is 3.68. The molecule has 0 saturated carbocycles. The maximum absolute atomic E-state index is 3.68. The second-order valence-electron chi connectivity index (χ2n) is 1.42. The molecule has 0 nitrogen and oxygen atoms in total. The van der Waals surface area contributed by atoms with Crippen molar-refractivity contribution in [1.29, 1.82) is 0 Å². The zero-order chi connectivity index (χ0) is 7.70. The van der Waals surface area contributed by atoms with Gasteiger partial charge in [0.15, 0.2) is 0 Å². The SMILES string of the molecule is [Br][Ti+]([Br])[Br].[CH2-]CCCC. The Balaban J connectivity index is 0. The van der Waals surface area contributed by atoms with Gasteiger partial charge in [-0.1, -0.05) is 19.8 Å². The Hall–Kier alpha value is 2.15. The molecular weight excluding hydrogens is 348 g/mol. The van der Waals surface area contributed by atoms with Crippen molar-refractivity contribution in [1.82, 2.24) is 0 Å². The Morgan fingerprint density at radius 2 is 1.67 bits per heavy atom. The summed E-state index contributed by atoms with van der Waals surface area (Å²) in [6, 6.07) is 0. The van der Waals surface area contributed by atoms with Gasteiger partial charge in [0.25, 0.3) is 0 Å². The topological polar surface area (TPSA) is 0 Å². The predicted molar refractivity (Wildman–Crippen MR) is 51.7 cm³/mol. The molecule has 0 unspecified atom stereocenters. The summed E-state index contributed by atoms with van der Waals surface area (Å²) in [5, 5.41) is 0. The first kappa shape index (κ1) is 13.7. The zero-order valence-corrected chi connectivity index (χ0v) is 11.8. The average Bonchev–Trinajstić information content (AvgIpc) is 1.66. The van der Waals surface area contributed by atoms with Gasteiger partial charge in [-0.05, 0) is 0 Å². The van der Waals surface area contributed by atoms with Crippen LogP contribution in [0.15, 0.2) is 0 Å². The summed E-state index contributed by atoms with van der Waals surface area (Å²) < 4.78 is 0. The Morgan fingerprint density at radius 3 is 1.67 bits per heavy atom. The van der Waals surface area contributed by atoms with E-state index in [1.165, 1.54) is 12.8 Å². The monoisotopic (exact) mass is 356 g/mol. The molecule has 0 aromatic heterocycles. The van der Waals surface area contributed by atoms with Gasteiger partial charge in [0, 0.05) is 0 Å². The van der Waals surface area contributed by atoms with Gasteiger partial charge in [-0.2, -0.15) is 6.42 Å². The number of unbranched alkanes of at least 4 members (excludes halogenated alkanes) is 2. The van der Waals surface area contributed by atoms with E-state index in [4.69, 9.17) is 0 Å². The molecule has 0 aliphatic heterocycles. The Bertz CT molecular complexity index is 36.4. The minimum Gasteiger partial charge on any atom is -0.343 e. The van der Waals surface area contributed by atoms with Crippen molar-refractivity contribution in [2.75, 3.05) is 0 Å². The molecule has 0 atom stereocenters. The van der Waals surface area contributed by atoms with Gasteiger partial charge < -0.3 is 6.92 Å².